The van der Waals surface area contributed by atoms with E-state index in [1.54, 1.807) is 12.1 Å². The van der Waals surface area contributed by atoms with Gasteiger partial charge in [0.25, 0.3) is 0 Å². The Morgan fingerprint density at radius 2 is 1.94 bits per heavy atom. The second kappa shape index (κ2) is 6.87. The van der Waals surface area contributed by atoms with Crippen molar-refractivity contribution in [2.45, 2.75) is 38.4 Å². The minimum Gasteiger partial charge on any atom is -0.316 e. The molecule has 5 heteroatoms. The Hall–Kier alpha value is -0.740. The molecule has 0 amide bonds. The SMILES string of the molecule is CCCCc1cccc([C@H](N)C(F)(F)F)c1.Cl. The fourth-order valence-electron chi connectivity index (χ4n) is 1.51. The van der Waals surface area contributed by atoms with Crippen LogP contribution in [0, 0.1) is 0 Å². The van der Waals surface area contributed by atoms with E-state index >= 15 is 0 Å². The molecule has 0 aliphatic carbocycles. The number of aryl methyl sites for hydroxylation is 1. The van der Waals surface area contributed by atoms with Crippen LogP contribution in [0.2, 0.25) is 0 Å². The van der Waals surface area contributed by atoms with Crippen molar-refractivity contribution < 1.29 is 13.2 Å². The van der Waals surface area contributed by atoms with Crippen molar-refractivity contribution >= 4 is 12.4 Å². The summed E-state index contributed by atoms with van der Waals surface area (Å²) in [5.41, 5.74) is 6.20. The first-order valence-corrected chi connectivity index (χ1v) is 5.36. The maximum absolute atomic E-state index is 12.4. The Kier molecular flexibility index (Phi) is 6.57. The van der Waals surface area contributed by atoms with Gasteiger partial charge in [-0.2, -0.15) is 13.2 Å². The van der Waals surface area contributed by atoms with E-state index in [0.717, 1.165) is 24.8 Å². The smallest absolute Gasteiger partial charge is 0.316 e. The monoisotopic (exact) mass is 267 g/mol. The van der Waals surface area contributed by atoms with Crippen LogP contribution in [0.5, 0.6) is 0 Å². The Morgan fingerprint density at radius 3 is 2.47 bits per heavy atom. The van der Waals surface area contributed by atoms with Crippen LogP contribution in [-0.4, -0.2) is 6.18 Å². The maximum atomic E-state index is 12.4. The second-order valence-corrected chi connectivity index (χ2v) is 3.87. The lowest BCUT2D eigenvalue weighted by Crippen LogP contribution is -2.28. The van der Waals surface area contributed by atoms with Crippen molar-refractivity contribution in [3.8, 4) is 0 Å². The van der Waals surface area contributed by atoms with Gasteiger partial charge in [-0.05, 0) is 24.0 Å². The molecule has 0 saturated carbocycles. The highest BCUT2D eigenvalue weighted by Crippen LogP contribution is 2.30. The normalized spacial score (nSPS) is 13.0. The van der Waals surface area contributed by atoms with E-state index in [4.69, 9.17) is 5.73 Å². The third-order valence-electron chi connectivity index (χ3n) is 2.48. The fourth-order valence-corrected chi connectivity index (χ4v) is 1.51. The molecule has 0 aliphatic rings. The summed E-state index contributed by atoms with van der Waals surface area (Å²) < 4.78 is 37.2. The van der Waals surface area contributed by atoms with Crippen molar-refractivity contribution in [3.05, 3.63) is 35.4 Å². The van der Waals surface area contributed by atoms with Gasteiger partial charge < -0.3 is 5.73 Å². The van der Waals surface area contributed by atoms with Crippen molar-refractivity contribution in [1.29, 1.82) is 0 Å². The highest BCUT2D eigenvalue weighted by Gasteiger charge is 2.37. The summed E-state index contributed by atoms with van der Waals surface area (Å²) in [6.07, 6.45) is -1.57. The third kappa shape index (κ3) is 4.96. The Morgan fingerprint density at radius 1 is 1.29 bits per heavy atom. The lowest BCUT2D eigenvalue weighted by molar-refractivity contribution is -0.149. The number of alkyl halides is 3. The molecular weight excluding hydrogens is 251 g/mol. The Labute approximate surface area is 106 Å². The molecule has 1 aromatic carbocycles. The number of hydrogen-bond acceptors (Lipinski definition) is 1. The number of benzene rings is 1. The van der Waals surface area contributed by atoms with Crippen molar-refractivity contribution in [2.24, 2.45) is 5.73 Å². The Bertz CT molecular complexity index is 339. The van der Waals surface area contributed by atoms with Crippen LogP contribution in [0.25, 0.3) is 0 Å². The van der Waals surface area contributed by atoms with E-state index in [0.29, 0.717) is 0 Å². The summed E-state index contributed by atoms with van der Waals surface area (Å²) in [4.78, 5) is 0. The van der Waals surface area contributed by atoms with Crippen molar-refractivity contribution in [3.63, 3.8) is 0 Å². The molecule has 2 N–H and O–H groups in total. The molecule has 1 atom stereocenters. The number of nitrogens with two attached hydrogens (primary N) is 1. The quantitative estimate of drug-likeness (QED) is 0.876. The van der Waals surface area contributed by atoms with Gasteiger partial charge in [0.15, 0.2) is 0 Å². The van der Waals surface area contributed by atoms with E-state index in [1.807, 2.05) is 13.0 Å². The highest BCUT2D eigenvalue weighted by molar-refractivity contribution is 5.85. The van der Waals surface area contributed by atoms with Crippen molar-refractivity contribution in [2.75, 3.05) is 0 Å². The number of rotatable bonds is 4. The van der Waals surface area contributed by atoms with Crippen LogP contribution in [0.4, 0.5) is 13.2 Å². The molecule has 0 radical (unpaired) electrons. The van der Waals surface area contributed by atoms with Crippen LogP contribution >= 0.6 is 12.4 Å². The summed E-state index contributed by atoms with van der Waals surface area (Å²) in [7, 11) is 0. The van der Waals surface area contributed by atoms with Crippen LogP contribution < -0.4 is 5.73 Å². The average molecular weight is 268 g/mol. The number of unbranched alkanes of at least 4 members (excludes halogenated alkanes) is 1. The molecule has 0 aromatic heterocycles. The third-order valence-corrected chi connectivity index (χ3v) is 2.48. The van der Waals surface area contributed by atoms with E-state index in [1.165, 1.54) is 6.07 Å². The molecule has 0 unspecified atom stereocenters. The zero-order chi connectivity index (χ0) is 12.2. The summed E-state index contributed by atoms with van der Waals surface area (Å²) >= 11 is 0. The molecule has 17 heavy (non-hydrogen) atoms. The standard InChI is InChI=1S/C12H16F3N.ClH/c1-2-3-5-9-6-4-7-10(8-9)11(16)12(13,14)15;/h4,6-8,11H,2-3,5,16H2,1H3;1H/t11-;/m0./s1. The summed E-state index contributed by atoms with van der Waals surface area (Å²) in [5, 5.41) is 0. The van der Waals surface area contributed by atoms with E-state index in [9.17, 15) is 13.2 Å². The van der Waals surface area contributed by atoms with Gasteiger partial charge in [-0.1, -0.05) is 37.6 Å². The maximum Gasteiger partial charge on any atom is 0.407 e. The second-order valence-electron chi connectivity index (χ2n) is 3.87. The largest absolute Gasteiger partial charge is 0.407 e. The van der Waals surface area contributed by atoms with Gasteiger partial charge in [0, 0.05) is 0 Å². The lowest BCUT2D eigenvalue weighted by atomic mass is 10.0. The van der Waals surface area contributed by atoms with E-state index in [2.05, 4.69) is 0 Å². The molecule has 0 aliphatic heterocycles. The van der Waals surface area contributed by atoms with Gasteiger partial charge >= 0.3 is 6.18 Å². The van der Waals surface area contributed by atoms with Crippen molar-refractivity contribution in [1.82, 2.24) is 0 Å². The van der Waals surface area contributed by atoms with Gasteiger partial charge in [-0.25, -0.2) is 0 Å². The first-order chi connectivity index (χ1) is 7.45. The molecular formula is C12H17ClF3N. The van der Waals surface area contributed by atoms with Crippen LogP contribution in [0.1, 0.15) is 36.9 Å². The molecule has 0 heterocycles. The highest BCUT2D eigenvalue weighted by atomic mass is 35.5. The molecule has 0 bridgehead atoms. The minimum absolute atomic E-state index is 0. The van der Waals surface area contributed by atoms with E-state index in [-0.39, 0.29) is 18.0 Å². The predicted octanol–water partition coefficient (Wildman–Crippen LogP) is 4.01. The zero-order valence-electron chi connectivity index (χ0n) is 9.63. The van der Waals surface area contributed by atoms with Gasteiger partial charge in [0.2, 0.25) is 0 Å². The molecule has 1 aromatic rings. The van der Waals surface area contributed by atoms with Crippen LogP contribution in [0.15, 0.2) is 24.3 Å². The first-order valence-electron chi connectivity index (χ1n) is 5.36. The topological polar surface area (TPSA) is 26.0 Å². The van der Waals surface area contributed by atoms with Gasteiger partial charge in [-0.15, -0.1) is 12.4 Å². The number of halogens is 4. The fraction of sp³-hybridized carbons (Fsp3) is 0.500. The van der Waals surface area contributed by atoms with Gasteiger partial charge in [0.1, 0.15) is 6.04 Å². The summed E-state index contributed by atoms with van der Waals surface area (Å²) in [6.45, 7) is 2.05. The van der Waals surface area contributed by atoms with Gasteiger partial charge in [0.05, 0.1) is 0 Å². The summed E-state index contributed by atoms with van der Waals surface area (Å²) in [5.74, 6) is 0. The first kappa shape index (κ1) is 16.3. The average Bonchev–Trinajstić information content (AvgIpc) is 2.24. The molecule has 0 spiro atoms. The molecule has 0 saturated heterocycles. The van der Waals surface area contributed by atoms with Crippen LogP contribution in [0.3, 0.4) is 0 Å². The van der Waals surface area contributed by atoms with Crippen LogP contribution in [-0.2, 0) is 6.42 Å². The molecule has 1 nitrogen and oxygen atoms in total. The zero-order valence-corrected chi connectivity index (χ0v) is 10.4. The minimum atomic E-state index is -4.37. The lowest BCUT2D eigenvalue weighted by Gasteiger charge is -2.16. The molecule has 0 fully saturated rings. The molecule has 1 rings (SSSR count). The predicted molar refractivity (Wildman–Crippen MR) is 65.3 cm³/mol. The number of hydrogen-bond donors (Lipinski definition) is 1. The molecule has 98 valence electrons. The summed E-state index contributed by atoms with van der Waals surface area (Å²) in [6, 6.07) is 4.56. The Balaban J connectivity index is 0.00000256. The van der Waals surface area contributed by atoms with Gasteiger partial charge in [-0.3, -0.25) is 0 Å². The van der Waals surface area contributed by atoms with E-state index < -0.39 is 12.2 Å².